The summed E-state index contributed by atoms with van der Waals surface area (Å²) in [7, 11) is 0.755. The summed E-state index contributed by atoms with van der Waals surface area (Å²) in [6, 6.07) is 8.15. The van der Waals surface area contributed by atoms with Crippen molar-refractivity contribution in [1.29, 1.82) is 0 Å². The third kappa shape index (κ3) is 3.80. The van der Waals surface area contributed by atoms with Gasteiger partial charge in [-0.3, -0.25) is 4.21 Å². The van der Waals surface area contributed by atoms with Gasteiger partial charge in [-0.05, 0) is 56.5 Å². The number of hydrogen-bond acceptors (Lipinski definition) is 3. The van der Waals surface area contributed by atoms with Gasteiger partial charge < -0.3 is 10.1 Å². The highest BCUT2D eigenvalue weighted by atomic mass is 32.2. The number of ether oxygens (including phenoxy) is 1. The van der Waals surface area contributed by atoms with Crippen molar-refractivity contribution in [2.24, 2.45) is 0 Å². The van der Waals surface area contributed by atoms with Crippen LogP contribution in [0.5, 0.6) is 5.75 Å². The molecule has 2 rings (SSSR count). The molecule has 1 aromatic rings. The van der Waals surface area contributed by atoms with Gasteiger partial charge in [0.25, 0.3) is 0 Å². The molecule has 3 atom stereocenters. The molecule has 1 fully saturated rings. The number of rotatable bonds is 6. The van der Waals surface area contributed by atoms with Gasteiger partial charge in [-0.1, -0.05) is 6.92 Å². The summed E-state index contributed by atoms with van der Waals surface area (Å²) in [5, 5.41) is 3.83. The first-order valence-corrected chi connectivity index (χ1v) is 8.24. The Morgan fingerprint density at radius 3 is 2.68 bits per heavy atom. The molecule has 1 aromatic carbocycles. The Hall–Kier alpha value is -0.870. The van der Waals surface area contributed by atoms with E-state index in [2.05, 4.69) is 12.2 Å². The standard InChI is InChI=1S/C15H23NO2S/c1-3-10-16-12-4-7-15(11-12)19(17)14-8-5-13(18-2)6-9-14/h5-6,8-9,12,15-16H,3-4,7,10-11H2,1-2H3. The molecule has 4 heteroatoms. The van der Waals surface area contributed by atoms with Gasteiger partial charge in [-0.2, -0.15) is 0 Å². The Balaban J connectivity index is 1.93. The van der Waals surface area contributed by atoms with E-state index >= 15 is 0 Å². The fourth-order valence-electron chi connectivity index (χ4n) is 2.57. The highest BCUT2D eigenvalue weighted by Crippen LogP contribution is 2.28. The van der Waals surface area contributed by atoms with E-state index in [1.807, 2.05) is 24.3 Å². The third-order valence-electron chi connectivity index (χ3n) is 3.66. The van der Waals surface area contributed by atoms with Gasteiger partial charge in [-0.15, -0.1) is 0 Å². The van der Waals surface area contributed by atoms with Crippen LogP contribution in [0.3, 0.4) is 0 Å². The van der Waals surface area contributed by atoms with Crippen LogP contribution in [0.2, 0.25) is 0 Å². The molecule has 0 saturated heterocycles. The SMILES string of the molecule is CCCNC1CCC(S(=O)c2ccc(OC)cc2)C1. The number of nitrogens with one attached hydrogen (secondary N) is 1. The van der Waals surface area contributed by atoms with E-state index in [1.165, 1.54) is 0 Å². The Bertz CT molecular complexity index is 419. The third-order valence-corrected chi connectivity index (χ3v) is 5.43. The molecular formula is C15H23NO2S. The molecule has 3 unspecified atom stereocenters. The van der Waals surface area contributed by atoms with Gasteiger partial charge in [0, 0.05) is 16.2 Å². The van der Waals surface area contributed by atoms with Crippen molar-refractivity contribution < 1.29 is 8.95 Å². The lowest BCUT2D eigenvalue weighted by atomic mass is 10.2. The Morgan fingerprint density at radius 2 is 2.05 bits per heavy atom. The van der Waals surface area contributed by atoms with Gasteiger partial charge in [0.05, 0.1) is 17.9 Å². The molecule has 0 bridgehead atoms. The zero-order chi connectivity index (χ0) is 13.7. The zero-order valence-electron chi connectivity index (χ0n) is 11.7. The van der Waals surface area contributed by atoms with Crippen LogP contribution in [0.1, 0.15) is 32.6 Å². The molecule has 106 valence electrons. The Kier molecular flexibility index (Phi) is 5.40. The molecule has 3 nitrogen and oxygen atoms in total. The molecule has 0 aromatic heterocycles. The van der Waals surface area contributed by atoms with Crippen molar-refractivity contribution in [3.8, 4) is 5.75 Å². The first-order chi connectivity index (χ1) is 9.24. The summed E-state index contributed by atoms with van der Waals surface area (Å²) in [6.45, 7) is 3.24. The Labute approximate surface area is 118 Å². The van der Waals surface area contributed by atoms with Crippen molar-refractivity contribution in [2.75, 3.05) is 13.7 Å². The molecule has 0 aliphatic heterocycles. The molecule has 0 amide bonds. The summed E-state index contributed by atoms with van der Waals surface area (Å²) in [5.74, 6) is 0.815. The van der Waals surface area contributed by atoms with Gasteiger partial charge in [0.1, 0.15) is 5.75 Å². The normalized spacial score (nSPS) is 24.3. The fraction of sp³-hybridized carbons (Fsp3) is 0.600. The molecule has 0 heterocycles. The summed E-state index contributed by atoms with van der Waals surface area (Å²) in [4.78, 5) is 0.918. The van der Waals surface area contributed by atoms with E-state index in [-0.39, 0.29) is 0 Å². The second-order valence-electron chi connectivity index (χ2n) is 5.06. The lowest BCUT2D eigenvalue weighted by Gasteiger charge is -2.13. The lowest BCUT2D eigenvalue weighted by molar-refractivity contribution is 0.414. The Morgan fingerprint density at radius 1 is 1.32 bits per heavy atom. The highest BCUT2D eigenvalue weighted by Gasteiger charge is 2.29. The van der Waals surface area contributed by atoms with Crippen molar-refractivity contribution >= 4 is 10.8 Å². The predicted molar refractivity (Wildman–Crippen MR) is 79.1 cm³/mol. The summed E-state index contributed by atoms with van der Waals surface area (Å²) in [6.07, 6.45) is 4.38. The maximum Gasteiger partial charge on any atom is 0.118 e. The molecule has 1 aliphatic rings. The van der Waals surface area contributed by atoms with Crippen LogP contribution in [0.15, 0.2) is 29.2 Å². The minimum atomic E-state index is -0.891. The maximum atomic E-state index is 12.5. The molecule has 1 saturated carbocycles. The largest absolute Gasteiger partial charge is 0.497 e. The minimum absolute atomic E-state index is 0.294. The van der Waals surface area contributed by atoms with Crippen LogP contribution >= 0.6 is 0 Å². The molecular weight excluding hydrogens is 258 g/mol. The average molecular weight is 281 g/mol. The summed E-state index contributed by atoms with van der Waals surface area (Å²) < 4.78 is 17.6. The van der Waals surface area contributed by atoms with E-state index in [0.717, 1.165) is 42.9 Å². The van der Waals surface area contributed by atoms with Gasteiger partial charge in [0.15, 0.2) is 0 Å². The first kappa shape index (κ1) is 14.5. The van der Waals surface area contributed by atoms with Crippen LogP contribution in [0.25, 0.3) is 0 Å². The number of methoxy groups -OCH3 is 1. The van der Waals surface area contributed by atoms with Crippen molar-refractivity contribution in [2.45, 2.75) is 48.8 Å². The van der Waals surface area contributed by atoms with Crippen LogP contribution in [0.4, 0.5) is 0 Å². The predicted octanol–water partition coefficient (Wildman–Crippen LogP) is 2.72. The number of hydrogen-bond donors (Lipinski definition) is 1. The highest BCUT2D eigenvalue weighted by molar-refractivity contribution is 7.85. The summed E-state index contributed by atoms with van der Waals surface area (Å²) in [5.41, 5.74) is 0. The van der Waals surface area contributed by atoms with E-state index < -0.39 is 10.8 Å². The van der Waals surface area contributed by atoms with E-state index in [0.29, 0.717) is 11.3 Å². The van der Waals surface area contributed by atoms with Crippen LogP contribution in [-0.4, -0.2) is 29.2 Å². The molecule has 0 radical (unpaired) electrons. The first-order valence-electron chi connectivity index (χ1n) is 7.02. The number of benzene rings is 1. The fourth-order valence-corrected chi connectivity index (χ4v) is 4.12. The zero-order valence-corrected chi connectivity index (χ0v) is 12.5. The lowest BCUT2D eigenvalue weighted by Crippen LogP contribution is -2.28. The molecule has 19 heavy (non-hydrogen) atoms. The molecule has 1 N–H and O–H groups in total. The van der Waals surface area contributed by atoms with Gasteiger partial charge in [-0.25, -0.2) is 0 Å². The molecule has 0 spiro atoms. The average Bonchev–Trinajstić information content (AvgIpc) is 2.93. The maximum absolute atomic E-state index is 12.5. The van der Waals surface area contributed by atoms with Crippen LogP contribution in [0, 0.1) is 0 Å². The molecule has 1 aliphatic carbocycles. The monoisotopic (exact) mass is 281 g/mol. The van der Waals surface area contributed by atoms with E-state index in [4.69, 9.17) is 4.74 Å². The quantitative estimate of drug-likeness (QED) is 0.871. The second-order valence-corrected chi connectivity index (χ2v) is 6.79. The van der Waals surface area contributed by atoms with Crippen molar-refractivity contribution in [1.82, 2.24) is 5.32 Å². The van der Waals surface area contributed by atoms with Crippen molar-refractivity contribution in [3.05, 3.63) is 24.3 Å². The smallest absolute Gasteiger partial charge is 0.118 e. The minimum Gasteiger partial charge on any atom is -0.497 e. The van der Waals surface area contributed by atoms with Gasteiger partial charge in [0.2, 0.25) is 0 Å². The van der Waals surface area contributed by atoms with Gasteiger partial charge >= 0.3 is 0 Å². The van der Waals surface area contributed by atoms with Crippen LogP contribution < -0.4 is 10.1 Å². The van der Waals surface area contributed by atoms with Crippen molar-refractivity contribution in [3.63, 3.8) is 0 Å². The second kappa shape index (κ2) is 7.06. The van der Waals surface area contributed by atoms with E-state index in [1.54, 1.807) is 7.11 Å². The van der Waals surface area contributed by atoms with E-state index in [9.17, 15) is 4.21 Å². The summed E-state index contributed by atoms with van der Waals surface area (Å²) >= 11 is 0. The van der Waals surface area contributed by atoms with Crippen LogP contribution in [-0.2, 0) is 10.8 Å². The topological polar surface area (TPSA) is 38.3 Å².